The van der Waals surface area contributed by atoms with Gasteiger partial charge in [0.2, 0.25) is 11.9 Å². The topological polar surface area (TPSA) is 101 Å². The van der Waals surface area contributed by atoms with Crippen molar-refractivity contribution < 1.29 is 9.59 Å². The highest BCUT2D eigenvalue weighted by molar-refractivity contribution is 5.93. The molecule has 148 valence electrons. The number of nitrogens with zero attached hydrogens (tertiary/aromatic N) is 3. The molecule has 2 aliphatic rings. The van der Waals surface area contributed by atoms with Crippen molar-refractivity contribution in [3.05, 3.63) is 17.5 Å². The van der Waals surface area contributed by atoms with Gasteiger partial charge in [-0.2, -0.15) is 0 Å². The fraction of sp³-hybridized carbons (Fsp3) is 0.700. The molecule has 0 atom stereocenters. The Hall–Kier alpha value is -2.18. The zero-order valence-electron chi connectivity index (χ0n) is 16.6. The first-order chi connectivity index (χ1) is 12.8. The van der Waals surface area contributed by atoms with E-state index < -0.39 is 5.91 Å². The van der Waals surface area contributed by atoms with E-state index in [0.717, 1.165) is 50.6 Å². The van der Waals surface area contributed by atoms with Gasteiger partial charge < -0.3 is 16.0 Å². The standard InChI is InChI=1S/C20H31N5O2/c1-20(9-4-10-20)11-16-15(17(21)26)12-22-19(24-16)23-14-7-5-13(6-8-14)18(27)25(2)3/h12-14H,4-11H2,1-3H3,(H2,21,26)(H,22,23,24). The highest BCUT2D eigenvalue weighted by atomic mass is 16.2. The molecule has 0 unspecified atom stereocenters. The molecule has 0 spiro atoms. The van der Waals surface area contributed by atoms with Gasteiger partial charge in [0.15, 0.2) is 0 Å². The molecule has 2 amide bonds. The molecule has 1 aromatic heterocycles. The van der Waals surface area contributed by atoms with Crippen LogP contribution >= 0.6 is 0 Å². The van der Waals surface area contributed by atoms with E-state index in [9.17, 15) is 9.59 Å². The number of anilines is 1. The summed E-state index contributed by atoms with van der Waals surface area (Å²) in [4.78, 5) is 34.5. The van der Waals surface area contributed by atoms with Crippen molar-refractivity contribution in [1.29, 1.82) is 0 Å². The fourth-order valence-electron chi connectivity index (χ4n) is 4.22. The predicted molar refractivity (Wildman–Crippen MR) is 104 cm³/mol. The van der Waals surface area contributed by atoms with Crippen molar-refractivity contribution in [2.45, 2.75) is 64.3 Å². The lowest BCUT2D eigenvalue weighted by molar-refractivity contribution is -0.133. The molecule has 2 fully saturated rings. The van der Waals surface area contributed by atoms with Crippen molar-refractivity contribution in [2.75, 3.05) is 19.4 Å². The Labute approximate surface area is 161 Å². The van der Waals surface area contributed by atoms with Gasteiger partial charge in [-0.1, -0.05) is 13.3 Å². The van der Waals surface area contributed by atoms with Gasteiger partial charge in [0.05, 0.1) is 11.3 Å². The van der Waals surface area contributed by atoms with Crippen LogP contribution in [0.3, 0.4) is 0 Å². The summed E-state index contributed by atoms with van der Waals surface area (Å²) < 4.78 is 0. The molecule has 1 aromatic rings. The normalized spacial score (nSPS) is 24.0. The van der Waals surface area contributed by atoms with Crippen LogP contribution in [-0.4, -0.2) is 46.8 Å². The second-order valence-corrected chi connectivity index (χ2v) is 8.68. The number of primary amides is 1. The monoisotopic (exact) mass is 373 g/mol. The Morgan fingerprint density at radius 1 is 1.26 bits per heavy atom. The summed E-state index contributed by atoms with van der Waals surface area (Å²) in [5.41, 5.74) is 6.90. The van der Waals surface area contributed by atoms with Gasteiger partial charge in [0.25, 0.3) is 5.91 Å². The van der Waals surface area contributed by atoms with Gasteiger partial charge >= 0.3 is 0 Å². The first-order valence-electron chi connectivity index (χ1n) is 9.91. The summed E-state index contributed by atoms with van der Waals surface area (Å²) >= 11 is 0. The molecule has 0 saturated heterocycles. The molecule has 3 N–H and O–H groups in total. The lowest BCUT2D eigenvalue weighted by Crippen LogP contribution is -2.35. The lowest BCUT2D eigenvalue weighted by atomic mass is 9.67. The first-order valence-corrected chi connectivity index (χ1v) is 9.91. The largest absolute Gasteiger partial charge is 0.365 e. The van der Waals surface area contributed by atoms with Gasteiger partial charge in [-0.15, -0.1) is 0 Å². The number of nitrogens with two attached hydrogens (primary N) is 1. The highest BCUT2D eigenvalue weighted by Crippen LogP contribution is 2.43. The summed E-state index contributed by atoms with van der Waals surface area (Å²) in [6, 6.07) is 0.253. The number of amides is 2. The van der Waals surface area contributed by atoms with Crippen molar-refractivity contribution >= 4 is 17.8 Å². The predicted octanol–water partition coefficient (Wildman–Crippen LogP) is 2.37. The summed E-state index contributed by atoms with van der Waals surface area (Å²) in [6.07, 6.45) is 9.43. The molecule has 3 rings (SSSR count). The summed E-state index contributed by atoms with van der Waals surface area (Å²) in [7, 11) is 3.62. The van der Waals surface area contributed by atoms with Crippen LogP contribution in [0.5, 0.6) is 0 Å². The van der Waals surface area contributed by atoms with Gasteiger partial charge in [-0.3, -0.25) is 9.59 Å². The second-order valence-electron chi connectivity index (χ2n) is 8.68. The Balaban J connectivity index is 1.65. The molecule has 27 heavy (non-hydrogen) atoms. The van der Waals surface area contributed by atoms with E-state index >= 15 is 0 Å². The van der Waals surface area contributed by atoms with Crippen molar-refractivity contribution in [3.8, 4) is 0 Å². The third kappa shape index (κ3) is 4.57. The lowest BCUT2D eigenvalue weighted by Gasteiger charge is -2.38. The van der Waals surface area contributed by atoms with E-state index in [1.54, 1.807) is 11.1 Å². The van der Waals surface area contributed by atoms with Crippen LogP contribution in [0.25, 0.3) is 0 Å². The van der Waals surface area contributed by atoms with Crippen molar-refractivity contribution in [3.63, 3.8) is 0 Å². The maximum absolute atomic E-state index is 12.1. The Morgan fingerprint density at radius 2 is 1.93 bits per heavy atom. The minimum absolute atomic E-state index is 0.116. The molecule has 1 heterocycles. The average Bonchev–Trinajstić information content (AvgIpc) is 2.60. The third-order valence-electron chi connectivity index (χ3n) is 6.14. The summed E-state index contributed by atoms with van der Waals surface area (Å²) in [5.74, 6) is 0.416. The van der Waals surface area contributed by atoms with Gasteiger partial charge in [-0.25, -0.2) is 9.97 Å². The van der Waals surface area contributed by atoms with Crippen LogP contribution in [0.15, 0.2) is 6.20 Å². The number of hydrogen-bond donors (Lipinski definition) is 2. The quantitative estimate of drug-likeness (QED) is 0.797. The van der Waals surface area contributed by atoms with Crippen molar-refractivity contribution in [1.82, 2.24) is 14.9 Å². The summed E-state index contributed by atoms with van der Waals surface area (Å²) in [6.45, 7) is 2.24. The molecule has 0 aromatic carbocycles. The average molecular weight is 374 g/mol. The molecule has 7 heteroatoms. The Morgan fingerprint density at radius 3 is 2.44 bits per heavy atom. The molecule has 2 saturated carbocycles. The van der Waals surface area contributed by atoms with Crippen molar-refractivity contribution in [2.24, 2.45) is 17.1 Å². The van der Waals surface area contributed by atoms with Crippen LogP contribution in [-0.2, 0) is 11.2 Å². The molecular weight excluding hydrogens is 342 g/mol. The SMILES string of the molecule is CN(C)C(=O)C1CCC(Nc2ncc(C(N)=O)c(CC3(C)CCC3)n2)CC1. The molecular formula is C20H31N5O2. The maximum Gasteiger partial charge on any atom is 0.252 e. The Bertz CT molecular complexity index is 706. The van der Waals surface area contributed by atoms with E-state index in [0.29, 0.717) is 11.5 Å². The van der Waals surface area contributed by atoms with E-state index in [4.69, 9.17) is 5.73 Å². The molecule has 7 nitrogen and oxygen atoms in total. The third-order valence-corrected chi connectivity index (χ3v) is 6.14. The number of carbonyl (C=O) groups is 2. The molecule has 0 bridgehead atoms. The van der Waals surface area contributed by atoms with Gasteiger partial charge in [0.1, 0.15) is 0 Å². The second kappa shape index (κ2) is 7.82. The van der Waals surface area contributed by atoms with E-state index in [-0.39, 0.29) is 23.3 Å². The van der Waals surface area contributed by atoms with E-state index in [1.807, 2.05) is 14.1 Å². The number of carbonyl (C=O) groups excluding carboxylic acids is 2. The van der Waals surface area contributed by atoms with Crippen LogP contribution in [0.1, 0.15) is 67.9 Å². The van der Waals surface area contributed by atoms with Crippen LogP contribution < -0.4 is 11.1 Å². The zero-order chi connectivity index (χ0) is 19.6. The van der Waals surface area contributed by atoms with Crippen LogP contribution in [0.4, 0.5) is 5.95 Å². The molecule has 2 aliphatic carbocycles. The van der Waals surface area contributed by atoms with Crippen LogP contribution in [0, 0.1) is 11.3 Å². The number of rotatable bonds is 6. The zero-order valence-corrected chi connectivity index (χ0v) is 16.6. The highest BCUT2D eigenvalue weighted by Gasteiger charge is 2.34. The smallest absolute Gasteiger partial charge is 0.252 e. The molecule has 0 radical (unpaired) electrons. The molecule has 0 aliphatic heterocycles. The maximum atomic E-state index is 12.1. The Kier molecular flexibility index (Phi) is 5.67. The number of nitrogens with one attached hydrogen (secondary N) is 1. The first kappa shape index (κ1) is 19.6. The van der Waals surface area contributed by atoms with Crippen LogP contribution in [0.2, 0.25) is 0 Å². The van der Waals surface area contributed by atoms with Gasteiger partial charge in [-0.05, 0) is 50.4 Å². The minimum Gasteiger partial charge on any atom is -0.365 e. The fourth-order valence-corrected chi connectivity index (χ4v) is 4.22. The number of hydrogen-bond acceptors (Lipinski definition) is 5. The van der Waals surface area contributed by atoms with E-state index in [1.165, 1.54) is 6.42 Å². The summed E-state index contributed by atoms with van der Waals surface area (Å²) in [5, 5.41) is 3.40. The minimum atomic E-state index is -0.470. The van der Waals surface area contributed by atoms with E-state index in [2.05, 4.69) is 22.2 Å². The number of aromatic nitrogens is 2. The van der Waals surface area contributed by atoms with Gasteiger partial charge in [0, 0.05) is 32.3 Å².